The molecule has 38 heavy (non-hydrogen) atoms. The number of aryl methyl sites for hydroxylation is 2. The molecule has 0 aromatic heterocycles. The molecule has 4 nitrogen and oxygen atoms in total. The van der Waals surface area contributed by atoms with Gasteiger partial charge in [0, 0.05) is 0 Å². The molecule has 0 saturated heterocycles. The Morgan fingerprint density at radius 1 is 0.658 bits per heavy atom. The van der Waals surface area contributed by atoms with E-state index in [-0.39, 0.29) is 11.9 Å². The predicted molar refractivity (Wildman–Crippen MR) is 155 cm³/mol. The van der Waals surface area contributed by atoms with Gasteiger partial charge in [0.15, 0.2) is 5.75 Å². The first-order chi connectivity index (χ1) is 18.7. The molecule has 1 saturated carbocycles. The van der Waals surface area contributed by atoms with E-state index in [2.05, 4.69) is 38.1 Å². The summed E-state index contributed by atoms with van der Waals surface area (Å²) in [6.07, 6.45) is 18.8. The van der Waals surface area contributed by atoms with Crippen molar-refractivity contribution >= 4 is 5.97 Å². The number of carbonyl (C=O) groups is 1. The molecular weight excluding hydrogens is 472 g/mol. The van der Waals surface area contributed by atoms with Gasteiger partial charge < -0.3 is 9.62 Å². The summed E-state index contributed by atoms with van der Waals surface area (Å²) < 4.78 is 5.70. The molecule has 3 rings (SSSR count). The normalized spacial score (nSPS) is 17.3. The fourth-order valence-electron chi connectivity index (χ4n) is 5.26. The largest absolute Gasteiger partial charge is 0.426 e. The van der Waals surface area contributed by atoms with E-state index in [0.29, 0.717) is 18.3 Å². The van der Waals surface area contributed by atoms with Crippen LogP contribution in [0.3, 0.4) is 0 Å². The maximum absolute atomic E-state index is 12.7. The van der Waals surface area contributed by atoms with E-state index in [9.17, 15) is 4.79 Å². The molecule has 0 unspecified atom stereocenters. The second kappa shape index (κ2) is 18.0. The van der Waals surface area contributed by atoms with Crippen LogP contribution in [0.1, 0.15) is 115 Å². The summed E-state index contributed by atoms with van der Waals surface area (Å²) in [7, 11) is 0. The van der Waals surface area contributed by atoms with Gasteiger partial charge in [0.05, 0.1) is 12.5 Å². The van der Waals surface area contributed by atoms with Crippen LogP contribution < -0.4 is 9.62 Å². The van der Waals surface area contributed by atoms with Crippen molar-refractivity contribution in [3.8, 4) is 11.5 Å². The van der Waals surface area contributed by atoms with Gasteiger partial charge in [-0.15, -0.1) is 0 Å². The van der Waals surface area contributed by atoms with E-state index < -0.39 is 0 Å². The van der Waals surface area contributed by atoms with E-state index in [0.717, 1.165) is 44.3 Å². The Hall–Kier alpha value is -2.33. The van der Waals surface area contributed by atoms with Gasteiger partial charge in [0.25, 0.3) is 0 Å². The van der Waals surface area contributed by atoms with E-state index in [1.165, 1.54) is 75.3 Å². The van der Waals surface area contributed by atoms with E-state index in [1.54, 1.807) is 0 Å². The second-order valence-electron chi connectivity index (χ2n) is 11.1. The van der Waals surface area contributed by atoms with Crippen LogP contribution in [0.25, 0.3) is 0 Å². The van der Waals surface area contributed by atoms with Gasteiger partial charge in [-0.05, 0) is 92.7 Å². The predicted octanol–water partition coefficient (Wildman–Crippen LogP) is 9.43. The molecular formula is C34H50O4. The maximum atomic E-state index is 12.7. The van der Waals surface area contributed by atoms with E-state index in [1.807, 2.05) is 24.3 Å². The highest BCUT2D eigenvalue weighted by Crippen LogP contribution is 2.30. The first kappa shape index (κ1) is 30.2. The molecule has 210 valence electrons. The Morgan fingerprint density at radius 3 is 1.68 bits per heavy atom. The molecule has 0 aliphatic heterocycles. The van der Waals surface area contributed by atoms with Crippen LogP contribution in [0.2, 0.25) is 0 Å². The van der Waals surface area contributed by atoms with Crippen molar-refractivity contribution in [2.45, 2.75) is 117 Å². The highest BCUT2D eigenvalue weighted by molar-refractivity contribution is 5.75. The molecule has 0 N–H and O–H groups in total. The minimum Gasteiger partial charge on any atom is -0.426 e. The maximum Gasteiger partial charge on any atom is 0.314 e. The third-order valence-electron chi connectivity index (χ3n) is 7.84. The molecule has 0 bridgehead atoms. The van der Waals surface area contributed by atoms with E-state index in [4.69, 9.17) is 14.5 Å². The molecule has 1 aliphatic carbocycles. The van der Waals surface area contributed by atoms with Crippen molar-refractivity contribution in [3.63, 3.8) is 0 Å². The van der Waals surface area contributed by atoms with Crippen molar-refractivity contribution in [1.82, 2.24) is 0 Å². The van der Waals surface area contributed by atoms with E-state index >= 15 is 0 Å². The van der Waals surface area contributed by atoms with Crippen LogP contribution in [0.4, 0.5) is 0 Å². The van der Waals surface area contributed by atoms with Gasteiger partial charge in [0.2, 0.25) is 0 Å². The summed E-state index contributed by atoms with van der Waals surface area (Å²) in [5.41, 5.74) is 2.67. The standard InChI is InChI=1S/C34H50O4/c1-3-5-7-9-11-13-28-17-23-32(24-18-28)37-34(35)31-21-15-30(16-22-31)27-36-38-33-25-19-29(20-26-33)14-12-10-8-6-4-2/h17-20,23-26,30-31H,3-16,21-22,27H2,1-2H3. The highest BCUT2D eigenvalue weighted by atomic mass is 17.2. The quantitative estimate of drug-likeness (QED) is 0.0643. The Kier molecular flexibility index (Phi) is 14.3. The molecule has 4 heteroatoms. The van der Waals surface area contributed by atoms with Gasteiger partial charge >= 0.3 is 5.97 Å². The fraction of sp³-hybridized carbons (Fsp3) is 0.618. The molecule has 0 amide bonds. The molecule has 2 aromatic rings. The van der Waals surface area contributed by atoms with Crippen LogP contribution >= 0.6 is 0 Å². The third kappa shape index (κ3) is 11.6. The van der Waals surface area contributed by atoms with Crippen molar-refractivity contribution < 1.29 is 19.3 Å². The van der Waals surface area contributed by atoms with Gasteiger partial charge in [-0.25, -0.2) is 0 Å². The van der Waals surface area contributed by atoms with Crippen LogP contribution in [0.5, 0.6) is 11.5 Å². The number of benzene rings is 2. The Morgan fingerprint density at radius 2 is 1.16 bits per heavy atom. The van der Waals surface area contributed by atoms with Crippen LogP contribution in [-0.2, 0) is 22.5 Å². The lowest BCUT2D eigenvalue weighted by atomic mass is 9.82. The summed E-state index contributed by atoms with van der Waals surface area (Å²) in [4.78, 5) is 23.8. The SMILES string of the molecule is CCCCCCCc1ccc(OOCC2CCC(C(=O)Oc3ccc(CCCCCCC)cc3)CC2)cc1. The first-order valence-corrected chi connectivity index (χ1v) is 15.4. The number of esters is 1. The molecule has 0 spiro atoms. The summed E-state index contributed by atoms with van der Waals surface area (Å²) in [6.45, 7) is 5.05. The molecule has 0 atom stereocenters. The monoisotopic (exact) mass is 522 g/mol. The van der Waals surface area contributed by atoms with Crippen LogP contribution in [0, 0.1) is 11.8 Å². The van der Waals surface area contributed by atoms with Gasteiger partial charge in [-0.3, -0.25) is 4.79 Å². The molecule has 0 heterocycles. The van der Waals surface area contributed by atoms with Crippen molar-refractivity contribution in [1.29, 1.82) is 0 Å². The zero-order valence-electron chi connectivity index (χ0n) is 23.9. The number of rotatable bonds is 18. The molecule has 1 aliphatic rings. The topological polar surface area (TPSA) is 44.8 Å². The van der Waals surface area contributed by atoms with Crippen molar-refractivity contribution in [2.24, 2.45) is 11.8 Å². The lowest BCUT2D eigenvalue weighted by Gasteiger charge is -2.26. The zero-order chi connectivity index (χ0) is 26.8. The van der Waals surface area contributed by atoms with Crippen LogP contribution in [-0.4, -0.2) is 12.6 Å². The summed E-state index contributed by atoms with van der Waals surface area (Å²) in [6, 6.07) is 16.3. The zero-order valence-corrected chi connectivity index (χ0v) is 23.9. The Bertz CT molecular complexity index is 882. The lowest BCUT2D eigenvalue weighted by Crippen LogP contribution is -2.27. The van der Waals surface area contributed by atoms with Gasteiger partial charge in [-0.1, -0.05) is 89.5 Å². The molecule has 1 fully saturated rings. The highest BCUT2D eigenvalue weighted by Gasteiger charge is 2.28. The first-order valence-electron chi connectivity index (χ1n) is 15.4. The summed E-state index contributed by atoms with van der Waals surface area (Å²) in [5.74, 6) is 1.70. The van der Waals surface area contributed by atoms with Crippen molar-refractivity contribution in [3.05, 3.63) is 59.7 Å². The minimum atomic E-state index is -0.0987. The molecule has 2 aromatic carbocycles. The average Bonchev–Trinajstić information content (AvgIpc) is 2.95. The number of hydrogen-bond acceptors (Lipinski definition) is 4. The van der Waals surface area contributed by atoms with Gasteiger partial charge in [-0.2, -0.15) is 4.89 Å². The smallest absolute Gasteiger partial charge is 0.314 e. The molecule has 0 radical (unpaired) electrons. The summed E-state index contributed by atoms with van der Waals surface area (Å²) >= 11 is 0. The lowest BCUT2D eigenvalue weighted by molar-refractivity contribution is -0.218. The second-order valence-corrected chi connectivity index (χ2v) is 11.1. The average molecular weight is 523 g/mol. The number of carbonyl (C=O) groups excluding carboxylic acids is 1. The summed E-state index contributed by atoms with van der Waals surface area (Å²) in [5, 5.41) is 0. The number of hydrogen-bond donors (Lipinski definition) is 0. The number of unbranched alkanes of at least 4 members (excludes halogenated alkanes) is 8. The van der Waals surface area contributed by atoms with Crippen molar-refractivity contribution in [2.75, 3.05) is 6.61 Å². The third-order valence-corrected chi connectivity index (χ3v) is 7.84. The Balaban J connectivity index is 1.27. The fourth-order valence-corrected chi connectivity index (χ4v) is 5.26. The number of ether oxygens (including phenoxy) is 1. The Labute approximate surface area is 231 Å². The van der Waals surface area contributed by atoms with Crippen LogP contribution in [0.15, 0.2) is 48.5 Å². The minimum absolute atomic E-state index is 0.0278. The van der Waals surface area contributed by atoms with Gasteiger partial charge in [0.1, 0.15) is 5.75 Å².